The average molecular weight is 486 g/mol. The lowest BCUT2D eigenvalue weighted by atomic mass is 9.61. The highest BCUT2D eigenvalue weighted by molar-refractivity contribution is 6.20. The first-order chi connectivity index (χ1) is 17.0. The minimum absolute atomic E-state index is 0.0436. The van der Waals surface area contributed by atoms with Crippen molar-refractivity contribution in [1.29, 1.82) is 5.26 Å². The summed E-state index contributed by atoms with van der Waals surface area (Å²) in [6, 6.07) is 15.4. The van der Waals surface area contributed by atoms with Crippen LogP contribution in [0, 0.1) is 22.6 Å². The third kappa shape index (κ3) is 3.20. The molecule has 8 heteroatoms. The molecule has 0 bridgehead atoms. The summed E-state index contributed by atoms with van der Waals surface area (Å²) in [5, 5.41) is 13.9. The van der Waals surface area contributed by atoms with E-state index < -0.39 is 11.3 Å². The summed E-state index contributed by atoms with van der Waals surface area (Å²) in [4.78, 5) is 30.0. The van der Waals surface area contributed by atoms with Crippen molar-refractivity contribution < 1.29 is 14.0 Å². The number of ketones is 1. The standard InChI is InChI=1S/C28H28FN5O2/c1-27(2)13-22-24(23(35)14-27)28(20(15-30)25(31)34(22)32(3)4)19-7-5-6-8-21(19)33(26(28)36)16-17-9-11-18(29)12-10-17/h5-12H,13-14,16,31H2,1-4H3/t28-/m0/s1. The van der Waals surface area contributed by atoms with Gasteiger partial charge in [-0.25, -0.2) is 9.40 Å². The third-order valence-corrected chi connectivity index (χ3v) is 7.27. The van der Waals surface area contributed by atoms with Gasteiger partial charge in [-0.05, 0) is 35.6 Å². The second kappa shape index (κ2) is 8.04. The van der Waals surface area contributed by atoms with E-state index in [9.17, 15) is 19.2 Å². The van der Waals surface area contributed by atoms with Crippen LogP contribution in [0.1, 0.15) is 37.8 Å². The molecule has 36 heavy (non-hydrogen) atoms. The van der Waals surface area contributed by atoms with Crippen molar-refractivity contribution in [3.05, 3.63) is 88.1 Å². The van der Waals surface area contributed by atoms with E-state index in [2.05, 4.69) is 6.07 Å². The number of allylic oxidation sites excluding steroid dienone is 1. The maximum Gasteiger partial charge on any atom is 0.248 e. The van der Waals surface area contributed by atoms with E-state index in [0.29, 0.717) is 28.9 Å². The van der Waals surface area contributed by atoms with E-state index in [4.69, 9.17) is 5.73 Å². The molecule has 0 saturated heterocycles. The van der Waals surface area contributed by atoms with Crippen LogP contribution in [-0.2, 0) is 21.5 Å². The summed E-state index contributed by atoms with van der Waals surface area (Å²) in [5.41, 5.74) is 7.57. The summed E-state index contributed by atoms with van der Waals surface area (Å²) in [5.74, 6) is -0.794. The second-order valence-electron chi connectivity index (χ2n) is 10.6. The Morgan fingerprint density at radius 1 is 1.08 bits per heavy atom. The number of halogens is 1. The first-order valence-electron chi connectivity index (χ1n) is 11.8. The monoisotopic (exact) mass is 485 g/mol. The van der Waals surface area contributed by atoms with E-state index in [0.717, 1.165) is 5.56 Å². The van der Waals surface area contributed by atoms with Gasteiger partial charge in [0.1, 0.15) is 23.1 Å². The lowest BCUT2D eigenvalue weighted by molar-refractivity contribution is -0.126. The minimum Gasteiger partial charge on any atom is -0.383 e. The smallest absolute Gasteiger partial charge is 0.248 e. The Kier molecular flexibility index (Phi) is 5.31. The van der Waals surface area contributed by atoms with Crippen molar-refractivity contribution in [1.82, 2.24) is 10.0 Å². The number of nitrogens with zero attached hydrogens (tertiary/aromatic N) is 4. The van der Waals surface area contributed by atoms with Gasteiger partial charge in [0.05, 0.1) is 12.1 Å². The minimum atomic E-state index is -1.63. The first-order valence-corrected chi connectivity index (χ1v) is 11.8. The molecule has 1 spiro atoms. The summed E-state index contributed by atoms with van der Waals surface area (Å²) < 4.78 is 13.5. The Hall–Kier alpha value is -3.96. The van der Waals surface area contributed by atoms with Gasteiger partial charge in [0.25, 0.3) is 0 Å². The lowest BCUT2D eigenvalue weighted by Gasteiger charge is -2.48. The van der Waals surface area contributed by atoms with Crippen molar-refractivity contribution in [2.24, 2.45) is 11.1 Å². The Labute approximate surface area is 209 Å². The zero-order chi connectivity index (χ0) is 26.0. The molecule has 1 atom stereocenters. The van der Waals surface area contributed by atoms with Gasteiger partial charge in [0.15, 0.2) is 5.78 Å². The molecule has 1 aliphatic carbocycles. The molecule has 0 fully saturated rings. The molecule has 0 unspecified atom stereocenters. The molecule has 2 N–H and O–H groups in total. The van der Waals surface area contributed by atoms with Crippen LogP contribution in [0.3, 0.4) is 0 Å². The van der Waals surface area contributed by atoms with Gasteiger partial charge < -0.3 is 10.6 Å². The van der Waals surface area contributed by atoms with Gasteiger partial charge in [-0.1, -0.05) is 44.2 Å². The van der Waals surface area contributed by atoms with Crippen LogP contribution in [0.25, 0.3) is 0 Å². The number of hydrogen-bond donors (Lipinski definition) is 1. The number of rotatable bonds is 3. The number of hydrazine groups is 1. The Morgan fingerprint density at radius 2 is 1.75 bits per heavy atom. The maximum atomic E-state index is 14.6. The van der Waals surface area contributed by atoms with Crippen molar-refractivity contribution in [2.75, 3.05) is 19.0 Å². The highest BCUT2D eigenvalue weighted by Gasteiger charge is 2.63. The number of carbonyl (C=O) groups is 2. The highest BCUT2D eigenvalue weighted by atomic mass is 19.1. The predicted molar refractivity (Wildman–Crippen MR) is 133 cm³/mol. The zero-order valence-electron chi connectivity index (χ0n) is 20.8. The number of para-hydroxylation sites is 1. The second-order valence-corrected chi connectivity index (χ2v) is 10.6. The molecular weight excluding hydrogens is 457 g/mol. The number of Topliss-reactive ketones (excluding diaryl/α,β-unsaturated/α-hetero) is 1. The molecule has 0 aromatic heterocycles. The molecular formula is C28H28FN5O2. The SMILES string of the molecule is CN(C)N1C(N)=C(C#N)[C@]2(C(=O)N(Cc3ccc(F)cc3)c3ccccc32)C2=C1CC(C)(C)CC2=O. The first kappa shape index (κ1) is 23.8. The van der Waals surface area contributed by atoms with Crippen molar-refractivity contribution in [3.63, 3.8) is 0 Å². The fraction of sp³-hybridized carbons (Fsp3) is 0.321. The molecule has 5 rings (SSSR count). The zero-order valence-corrected chi connectivity index (χ0v) is 20.8. The van der Waals surface area contributed by atoms with E-state index >= 15 is 0 Å². The summed E-state index contributed by atoms with van der Waals surface area (Å²) >= 11 is 0. The summed E-state index contributed by atoms with van der Waals surface area (Å²) in [6.45, 7) is 4.19. The fourth-order valence-corrected chi connectivity index (χ4v) is 5.93. The topological polar surface area (TPSA) is 93.7 Å². The van der Waals surface area contributed by atoms with Gasteiger partial charge in [-0.15, -0.1) is 0 Å². The van der Waals surface area contributed by atoms with Crippen LogP contribution >= 0.6 is 0 Å². The number of nitrogens with two attached hydrogens (primary N) is 1. The van der Waals surface area contributed by atoms with Crippen molar-refractivity contribution >= 4 is 17.4 Å². The van der Waals surface area contributed by atoms with Crippen LogP contribution in [-0.4, -0.2) is 35.8 Å². The molecule has 3 aliphatic rings. The predicted octanol–water partition coefficient (Wildman–Crippen LogP) is 3.74. The lowest BCUT2D eigenvalue weighted by Crippen LogP contribution is -2.55. The number of carbonyl (C=O) groups excluding carboxylic acids is 2. The van der Waals surface area contributed by atoms with Gasteiger partial charge in [0.2, 0.25) is 5.91 Å². The molecule has 2 aromatic rings. The number of fused-ring (bicyclic) bond motifs is 3. The Morgan fingerprint density at radius 3 is 2.39 bits per heavy atom. The number of nitriles is 1. The highest BCUT2D eigenvalue weighted by Crippen LogP contribution is 2.58. The van der Waals surface area contributed by atoms with Crippen molar-refractivity contribution in [3.8, 4) is 6.07 Å². The number of hydrogen-bond acceptors (Lipinski definition) is 6. The number of amides is 1. The molecule has 184 valence electrons. The van der Waals surface area contributed by atoms with Gasteiger partial charge >= 0.3 is 0 Å². The van der Waals surface area contributed by atoms with Crippen LogP contribution in [0.2, 0.25) is 0 Å². The van der Waals surface area contributed by atoms with Crippen LogP contribution in [0.5, 0.6) is 0 Å². The van der Waals surface area contributed by atoms with Crippen LogP contribution in [0.4, 0.5) is 10.1 Å². The van der Waals surface area contributed by atoms with Crippen LogP contribution < -0.4 is 10.6 Å². The number of benzene rings is 2. The van der Waals surface area contributed by atoms with Crippen LogP contribution in [0.15, 0.2) is 71.2 Å². The van der Waals surface area contributed by atoms with E-state index in [1.807, 2.05) is 26.0 Å². The molecule has 2 heterocycles. The maximum absolute atomic E-state index is 14.6. The molecule has 0 radical (unpaired) electrons. The summed E-state index contributed by atoms with van der Waals surface area (Å²) in [6.07, 6.45) is 0.766. The quantitative estimate of drug-likeness (QED) is 0.712. The normalized spacial score (nSPS) is 22.9. The molecule has 2 aromatic carbocycles. The molecule has 1 amide bonds. The Bertz CT molecular complexity index is 1400. The van der Waals surface area contributed by atoms with Gasteiger partial charge in [0, 0.05) is 43.0 Å². The molecule has 0 saturated carbocycles. The Balaban J connectivity index is 1.81. The van der Waals surface area contributed by atoms with E-state index in [1.54, 1.807) is 53.3 Å². The largest absolute Gasteiger partial charge is 0.383 e. The van der Waals surface area contributed by atoms with Gasteiger partial charge in [-0.3, -0.25) is 14.6 Å². The fourth-order valence-electron chi connectivity index (χ4n) is 5.93. The average Bonchev–Trinajstić information content (AvgIpc) is 3.03. The van der Waals surface area contributed by atoms with E-state index in [1.165, 1.54) is 12.1 Å². The third-order valence-electron chi connectivity index (χ3n) is 7.27. The van der Waals surface area contributed by atoms with Gasteiger partial charge in [-0.2, -0.15) is 5.26 Å². The summed E-state index contributed by atoms with van der Waals surface area (Å²) in [7, 11) is 3.59. The molecule has 7 nitrogen and oxygen atoms in total. The van der Waals surface area contributed by atoms with E-state index in [-0.39, 0.29) is 41.4 Å². The number of anilines is 1. The van der Waals surface area contributed by atoms with Crippen molar-refractivity contribution in [2.45, 2.75) is 38.6 Å². The molecule has 2 aliphatic heterocycles.